The standard InChI is InChI=1S/C24H19ClN2O4S/c1-3-31-24(29)21-20(16-6-8-18(25)9-7-16)14-32-23(21)27-22(28)17(13-26)12-15-4-10-19(30-2)11-5-15/h4-12,14H,3H2,1-2H3,(H,27,28). The summed E-state index contributed by atoms with van der Waals surface area (Å²) in [6, 6.07) is 15.8. The summed E-state index contributed by atoms with van der Waals surface area (Å²) < 4.78 is 10.3. The molecule has 2 aromatic carbocycles. The number of carbonyl (C=O) groups is 2. The molecule has 1 aromatic heterocycles. The Morgan fingerprint density at radius 2 is 1.84 bits per heavy atom. The number of methoxy groups -OCH3 is 1. The molecule has 0 bridgehead atoms. The van der Waals surface area contributed by atoms with Crippen LogP contribution in [0.3, 0.4) is 0 Å². The van der Waals surface area contributed by atoms with Crippen molar-refractivity contribution in [3.05, 3.63) is 75.6 Å². The predicted molar refractivity (Wildman–Crippen MR) is 126 cm³/mol. The van der Waals surface area contributed by atoms with Gasteiger partial charge in [0, 0.05) is 16.0 Å². The average Bonchev–Trinajstić information content (AvgIpc) is 3.22. The molecule has 1 amide bonds. The Bertz CT molecular complexity index is 1190. The van der Waals surface area contributed by atoms with Crippen LogP contribution in [0.15, 0.2) is 59.5 Å². The zero-order valence-electron chi connectivity index (χ0n) is 17.3. The number of benzene rings is 2. The highest BCUT2D eigenvalue weighted by Crippen LogP contribution is 2.37. The van der Waals surface area contributed by atoms with E-state index < -0.39 is 11.9 Å². The molecule has 0 fully saturated rings. The van der Waals surface area contributed by atoms with Gasteiger partial charge in [-0.05, 0) is 48.4 Å². The van der Waals surface area contributed by atoms with Crippen molar-refractivity contribution in [2.75, 3.05) is 19.0 Å². The number of ether oxygens (including phenoxy) is 2. The number of nitrogens with one attached hydrogen (secondary N) is 1. The van der Waals surface area contributed by atoms with Crippen molar-refractivity contribution >= 4 is 45.9 Å². The van der Waals surface area contributed by atoms with Crippen LogP contribution in [-0.4, -0.2) is 25.6 Å². The normalized spacial score (nSPS) is 10.9. The lowest BCUT2D eigenvalue weighted by atomic mass is 10.0. The lowest BCUT2D eigenvalue weighted by molar-refractivity contribution is -0.112. The van der Waals surface area contributed by atoms with E-state index >= 15 is 0 Å². The maximum atomic E-state index is 12.8. The SMILES string of the molecule is CCOC(=O)c1c(-c2ccc(Cl)cc2)csc1NC(=O)C(C#N)=Cc1ccc(OC)cc1. The number of esters is 1. The fourth-order valence-electron chi connectivity index (χ4n) is 2.88. The van der Waals surface area contributed by atoms with Gasteiger partial charge in [-0.2, -0.15) is 5.26 Å². The molecular weight excluding hydrogens is 448 g/mol. The second kappa shape index (κ2) is 10.6. The Hall–Kier alpha value is -3.60. The number of thiophene rings is 1. The van der Waals surface area contributed by atoms with Crippen molar-refractivity contribution < 1.29 is 19.1 Å². The summed E-state index contributed by atoms with van der Waals surface area (Å²) in [4.78, 5) is 25.5. The molecule has 0 saturated carbocycles. The van der Waals surface area contributed by atoms with Gasteiger partial charge in [0.05, 0.1) is 13.7 Å². The molecule has 0 radical (unpaired) electrons. The maximum absolute atomic E-state index is 12.8. The summed E-state index contributed by atoms with van der Waals surface area (Å²) in [7, 11) is 1.56. The summed E-state index contributed by atoms with van der Waals surface area (Å²) in [5.41, 5.74) is 2.15. The van der Waals surface area contributed by atoms with Crippen LogP contribution in [0.5, 0.6) is 5.75 Å². The first-order chi connectivity index (χ1) is 15.5. The minimum absolute atomic E-state index is 0.105. The largest absolute Gasteiger partial charge is 0.497 e. The van der Waals surface area contributed by atoms with E-state index in [1.807, 2.05) is 6.07 Å². The van der Waals surface area contributed by atoms with Gasteiger partial charge in [-0.25, -0.2) is 4.79 Å². The second-order valence-corrected chi connectivity index (χ2v) is 7.79. The number of nitriles is 1. The van der Waals surface area contributed by atoms with E-state index in [1.165, 1.54) is 17.4 Å². The highest BCUT2D eigenvalue weighted by Gasteiger charge is 2.23. The third-order valence-electron chi connectivity index (χ3n) is 4.44. The van der Waals surface area contributed by atoms with Gasteiger partial charge < -0.3 is 14.8 Å². The van der Waals surface area contributed by atoms with E-state index in [4.69, 9.17) is 21.1 Å². The molecule has 0 aliphatic carbocycles. The van der Waals surface area contributed by atoms with Gasteiger partial charge >= 0.3 is 5.97 Å². The highest BCUT2D eigenvalue weighted by molar-refractivity contribution is 7.15. The first-order valence-corrected chi connectivity index (χ1v) is 10.8. The van der Waals surface area contributed by atoms with Crippen molar-refractivity contribution in [3.8, 4) is 22.9 Å². The minimum atomic E-state index is -0.627. The van der Waals surface area contributed by atoms with Gasteiger partial charge in [-0.3, -0.25) is 4.79 Å². The number of rotatable bonds is 7. The third kappa shape index (κ3) is 5.35. The molecule has 6 nitrogen and oxygen atoms in total. The first-order valence-electron chi connectivity index (χ1n) is 9.58. The van der Waals surface area contributed by atoms with Crippen LogP contribution in [0, 0.1) is 11.3 Å². The lowest BCUT2D eigenvalue weighted by Crippen LogP contribution is -2.16. The second-order valence-electron chi connectivity index (χ2n) is 6.48. The van der Waals surface area contributed by atoms with Gasteiger partial charge in [0.1, 0.15) is 28.0 Å². The number of anilines is 1. The molecule has 3 aromatic rings. The van der Waals surface area contributed by atoms with Crippen LogP contribution in [0.25, 0.3) is 17.2 Å². The molecule has 3 rings (SSSR count). The number of nitrogens with zero attached hydrogens (tertiary/aromatic N) is 1. The Morgan fingerprint density at radius 1 is 1.16 bits per heavy atom. The molecule has 0 saturated heterocycles. The van der Waals surface area contributed by atoms with Gasteiger partial charge in [-0.15, -0.1) is 11.3 Å². The van der Waals surface area contributed by atoms with Gasteiger partial charge in [0.15, 0.2) is 0 Å². The highest BCUT2D eigenvalue weighted by atomic mass is 35.5. The molecule has 1 N–H and O–H groups in total. The Balaban J connectivity index is 1.93. The summed E-state index contributed by atoms with van der Waals surface area (Å²) in [5, 5.41) is 14.8. The summed E-state index contributed by atoms with van der Waals surface area (Å²) in [6.45, 7) is 1.89. The molecular formula is C24H19ClN2O4S. The number of amides is 1. The van der Waals surface area contributed by atoms with Crippen LogP contribution >= 0.6 is 22.9 Å². The predicted octanol–water partition coefficient (Wildman–Crippen LogP) is 5.80. The van der Waals surface area contributed by atoms with Crippen LogP contribution in [-0.2, 0) is 9.53 Å². The van der Waals surface area contributed by atoms with Gasteiger partial charge in [-0.1, -0.05) is 35.9 Å². The van der Waals surface area contributed by atoms with E-state index in [1.54, 1.807) is 67.9 Å². The van der Waals surface area contributed by atoms with Crippen LogP contribution in [0.4, 0.5) is 5.00 Å². The minimum Gasteiger partial charge on any atom is -0.497 e. The van der Waals surface area contributed by atoms with E-state index in [0.717, 1.165) is 5.56 Å². The molecule has 0 unspecified atom stereocenters. The molecule has 162 valence electrons. The van der Waals surface area contributed by atoms with Crippen molar-refractivity contribution in [2.24, 2.45) is 0 Å². The molecule has 32 heavy (non-hydrogen) atoms. The molecule has 0 aliphatic heterocycles. The third-order valence-corrected chi connectivity index (χ3v) is 5.59. The fraction of sp³-hybridized carbons (Fsp3) is 0.125. The van der Waals surface area contributed by atoms with Crippen LogP contribution < -0.4 is 10.1 Å². The maximum Gasteiger partial charge on any atom is 0.341 e. The summed E-state index contributed by atoms with van der Waals surface area (Å²) in [5.74, 6) is -0.525. The zero-order valence-corrected chi connectivity index (χ0v) is 18.9. The van der Waals surface area contributed by atoms with Gasteiger partial charge in [0.25, 0.3) is 5.91 Å². The Kier molecular flexibility index (Phi) is 7.66. The van der Waals surface area contributed by atoms with E-state index in [2.05, 4.69) is 5.32 Å². The Labute approximate surface area is 194 Å². The average molecular weight is 467 g/mol. The monoisotopic (exact) mass is 466 g/mol. The Morgan fingerprint density at radius 3 is 2.44 bits per heavy atom. The smallest absolute Gasteiger partial charge is 0.341 e. The van der Waals surface area contributed by atoms with Crippen molar-refractivity contribution in [3.63, 3.8) is 0 Å². The summed E-state index contributed by atoms with van der Waals surface area (Å²) >= 11 is 7.15. The molecule has 0 spiro atoms. The lowest BCUT2D eigenvalue weighted by Gasteiger charge is -2.09. The fourth-order valence-corrected chi connectivity index (χ4v) is 3.96. The number of halogens is 1. The van der Waals surface area contributed by atoms with Gasteiger partial charge in [0.2, 0.25) is 0 Å². The van der Waals surface area contributed by atoms with Crippen LogP contribution in [0.1, 0.15) is 22.8 Å². The van der Waals surface area contributed by atoms with Crippen molar-refractivity contribution in [1.29, 1.82) is 5.26 Å². The van der Waals surface area contributed by atoms with Crippen LogP contribution in [0.2, 0.25) is 5.02 Å². The molecule has 0 aliphatic rings. The number of hydrogen-bond acceptors (Lipinski definition) is 6. The molecule has 0 atom stereocenters. The number of carbonyl (C=O) groups excluding carboxylic acids is 2. The van der Waals surface area contributed by atoms with E-state index in [9.17, 15) is 14.9 Å². The first kappa shape index (κ1) is 23.1. The van der Waals surface area contributed by atoms with E-state index in [0.29, 0.717) is 26.9 Å². The van der Waals surface area contributed by atoms with Crippen molar-refractivity contribution in [2.45, 2.75) is 6.92 Å². The van der Waals surface area contributed by atoms with E-state index in [-0.39, 0.29) is 17.7 Å². The quantitative estimate of drug-likeness (QED) is 0.270. The topological polar surface area (TPSA) is 88.4 Å². The number of hydrogen-bond donors (Lipinski definition) is 1. The molecule has 1 heterocycles. The molecule has 8 heteroatoms. The summed E-state index contributed by atoms with van der Waals surface area (Å²) in [6.07, 6.45) is 1.46. The zero-order chi connectivity index (χ0) is 23.1. The van der Waals surface area contributed by atoms with Crippen molar-refractivity contribution in [1.82, 2.24) is 0 Å².